The number of ether oxygens (including phenoxy) is 1. The summed E-state index contributed by atoms with van der Waals surface area (Å²) < 4.78 is 54.6. The second-order valence-corrected chi connectivity index (χ2v) is 5.68. The van der Waals surface area contributed by atoms with E-state index in [9.17, 15) is 32.9 Å². The Balaban J connectivity index is 2.08. The molecule has 0 radical (unpaired) electrons. The van der Waals surface area contributed by atoms with E-state index in [0.29, 0.717) is 0 Å². The second-order valence-electron chi connectivity index (χ2n) is 4.60. The first-order valence-corrected chi connectivity index (χ1v) is 6.94. The van der Waals surface area contributed by atoms with Crippen LogP contribution in [-0.2, 0) is 4.74 Å². The summed E-state index contributed by atoms with van der Waals surface area (Å²) in [6.07, 6.45) is -13.5. The maximum absolute atomic E-state index is 12.5. The van der Waals surface area contributed by atoms with Gasteiger partial charge in [0, 0.05) is 6.54 Å². The summed E-state index contributed by atoms with van der Waals surface area (Å²) in [6.45, 7) is -0.713. The summed E-state index contributed by atoms with van der Waals surface area (Å²) in [5, 5.41) is 31.5. The molecule has 0 amide bonds. The third kappa shape index (κ3) is 3.42. The van der Waals surface area contributed by atoms with Gasteiger partial charge in [-0.05, 0) is 0 Å². The summed E-state index contributed by atoms with van der Waals surface area (Å²) in [6, 6.07) is -0.983. The minimum atomic E-state index is -4.99. The lowest BCUT2D eigenvalue weighted by molar-refractivity contribution is -0.271. The minimum absolute atomic E-state index is 0.0431. The molecule has 4 N–H and O–H groups in total. The van der Waals surface area contributed by atoms with E-state index in [1.165, 1.54) is 0 Å². The Kier molecular flexibility index (Phi) is 4.98. The highest BCUT2D eigenvalue weighted by Gasteiger charge is 2.55. The number of alkyl halides is 4. The Morgan fingerprint density at radius 2 is 2.00 bits per heavy atom. The van der Waals surface area contributed by atoms with Crippen LogP contribution in [0.15, 0.2) is 4.99 Å². The summed E-state index contributed by atoms with van der Waals surface area (Å²) in [5.41, 5.74) is -0.993. The summed E-state index contributed by atoms with van der Waals surface area (Å²) in [7, 11) is 0. The molecule has 0 bridgehead atoms. The van der Waals surface area contributed by atoms with E-state index < -0.39 is 48.7 Å². The van der Waals surface area contributed by atoms with Crippen LogP contribution in [0.2, 0.25) is 0 Å². The largest absolute Gasteiger partial charge is 0.417 e. The van der Waals surface area contributed by atoms with E-state index in [4.69, 9.17) is 4.74 Å². The number of aliphatic hydroxyl groups is 3. The molecule has 0 aromatic carbocycles. The highest BCUT2D eigenvalue weighted by molar-refractivity contribution is 8.14. The Hall–Kier alpha value is -0.620. The molecule has 1 saturated heterocycles. The van der Waals surface area contributed by atoms with Crippen molar-refractivity contribution in [2.24, 2.45) is 4.99 Å². The molecule has 0 unspecified atom stereocenters. The Labute approximate surface area is 121 Å². The van der Waals surface area contributed by atoms with Gasteiger partial charge < -0.3 is 25.4 Å². The van der Waals surface area contributed by atoms with E-state index in [-0.39, 0.29) is 11.7 Å². The summed E-state index contributed by atoms with van der Waals surface area (Å²) in [4.78, 5) is 3.94. The molecule has 11 heteroatoms. The second kappa shape index (κ2) is 6.24. The number of nitrogens with zero attached hydrogens (tertiary/aromatic N) is 1. The van der Waals surface area contributed by atoms with Gasteiger partial charge in [-0.25, -0.2) is 4.39 Å². The van der Waals surface area contributed by atoms with Gasteiger partial charge in [-0.15, -0.1) is 0 Å². The van der Waals surface area contributed by atoms with Crippen LogP contribution in [0.25, 0.3) is 0 Å². The molecule has 122 valence electrons. The Bertz CT molecular complexity index is 411. The van der Waals surface area contributed by atoms with Gasteiger partial charge in [-0.3, -0.25) is 4.99 Å². The van der Waals surface area contributed by atoms with Crippen LogP contribution in [0.5, 0.6) is 0 Å². The number of aliphatic imine (C=N–C) groups is 1. The SMILES string of the molecule is O[C@H]1[C@H](O)[C@@H]([C@@H](O)C(F)(F)F)O[C@@H]2SC(NCCF)=N[C@H]12. The zero-order valence-corrected chi connectivity index (χ0v) is 11.3. The Morgan fingerprint density at radius 3 is 2.57 bits per heavy atom. The highest BCUT2D eigenvalue weighted by atomic mass is 32.2. The van der Waals surface area contributed by atoms with Crippen molar-refractivity contribution in [3.63, 3.8) is 0 Å². The number of amidine groups is 1. The van der Waals surface area contributed by atoms with Crippen LogP contribution in [0, 0.1) is 0 Å². The van der Waals surface area contributed by atoms with Gasteiger partial charge in [0.15, 0.2) is 11.3 Å². The molecule has 0 aromatic rings. The highest BCUT2D eigenvalue weighted by Crippen LogP contribution is 2.38. The fourth-order valence-corrected chi connectivity index (χ4v) is 3.21. The van der Waals surface area contributed by atoms with Gasteiger partial charge in [-0.2, -0.15) is 13.2 Å². The van der Waals surface area contributed by atoms with Gasteiger partial charge in [0.05, 0.1) is 0 Å². The molecule has 2 heterocycles. The molecule has 2 aliphatic heterocycles. The molecule has 0 saturated carbocycles. The molecule has 0 aromatic heterocycles. The van der Waals surface area contributed by atoms with Crippen LogP contribution in [0.3, 0.4) is 0 Å². The van der Waals surface area contributed by atoms with Gasteiger partial charge >= 0.3 is 6.18 Å². The van der Waals surface area contributed by atoms with Crippen molar-refractivity contribution in [1.29, 1.82) is 0 Å². The number of thioether (sulfide) groups is 1. The monoisotopic (exact) mass is 334 g/mol. The number of hydrogen-bond acceptors (Lipinski definition) is 7. The topological polar surface area (TPSA) is 94.3 Å². The van der Waals surface area contributed by atoms with Gasteiger partial charge in [0.2, 0.25) is 0 Å². The third-order valence-electron chi connectivity index (χ3n) is 3.12. The number of nitrogens with one attached hydrogen (secondary N) is 1. The molecule has 6 atom stereocenters. The predicted octanol–water partition coefficient (Wildman–Crippen LogP) is -0.613. The predicted molar refractivity (Wildman–Crippen MR) is 65.5 cm³/mol. The lowest BCUT2D eigenvalue weighted by atomic mass is 9.94. The maximum Gasteiger partial charge on any atom is 0.417 e. The maximum atomic E-state index is 12.5. The standard InChI is InChI=1S/C10H14F4N2O4S/c11-1-2-15-9-16-3-4(17)5(18)6(20-8(3)21-9)7(19)10(12,13)14/h3-8,17-19H,1-2H2,(H,15,16)/t3-,4-,5+,6+,7-,8-/m1/s1. The summed E-state index contributed by atoms with van der Waals surface area (Å²) in [5.74, 6) is 0. The molecule has 0 aliphatic carbocycles. The van der Waals surface area contributed by atoms with Crippen LogP contribution < -0.4 is 5.32 Å². The van der Waals surface area contributed by atoms with E-state index >= 15 is 0 Å². The van der Waals surface area contributed by atoms with Gasteiger partial charge in [-0.1, -0.05) is 11.8 Å². The molecular weight excluding hydrogens is 320 g/mol. The van der Waals surface area contributed by atoms with Crippen molar-refractivity contribution < 1.29 is 37.6 Å². The van der Waals surface area contributed by atoms with E-state index in [2.05, 4.69) is 10.3 Å². The van der Waals surface area contributed by atoms with Crippen LogP contribution in [0.1, 0.15) is 0 Å². The molecular formula is C10H14F4N2O4S. The zero-order valence-electron chi connectivity index (χ0n) is 10.5. The Morgan fingerprint density at radius 1 is 1.33 bits per heavy atom. The van der Waals surface area contributed by atoms with Crippen molar-refractivity contribution in [3.05, 3.63) is 0 Å². The molecule has 0 spiro atoms. The smallest absolute Gasteiger partial charge is 0.388 e. The van der Waals surface area contributed by atoms with Crippen LogP contribution >= 0.6 is 11.8 Å². The first kappa shape index (κ1) is 16.7. The lowest BCUT2D eigenvalue weighted by Gasteiger charge is -2.40. The van der Waals surface area contributed by atoms with Crippen LogP contribution in [-0.4, -0.2) is 75.8 Å². The van der Waals surface area contributed by atoms with Crippen molar-refractivity contribution in [2.75, 3.05) is 13.2 Å². The molecule has 2 aliphatic rings. The number of halogens is 4. The number of rotatable bonds is 3. The van der Waals surface area contributed by atoms with Gasteiger partial charge in [0.25, 0.3) is 0 Å². The molecule has 2 rings (SSSR count). The average molecular weight is 334 g/mol. The lowest BCUT2D eigenvalue weighted by Crippen LogP contribution is -2.60. The van der Waals surface area contributed by atoms with Crippen molar-refractivity contribution in [3.8, 4) is 0 Å². The first-order valence-electron chi connectivity index (χ1n) is 6.06. The fraction of sp³-hybridized carbons (Fsp3) is 0.900. The quantitative estimate of drug-likeness (QED) is 0.515. The molecule has 6 nitrogen and oxygen atoms in total. The third-order valence-corrected chi connectivity index (χ3v) is 4.21. The zero-order chi connectivity index (χ0) is 15.8. The molecule has 1 fully saturated rings. The normalized spacial score (nSPS) is 37.9. The van der Waals surface area contributed by atoms with E-state index in [1.807, 2.05) is 0 Å². The van der Waals surface area contributed by atoms with Crippen LogP contribution in [0.4, 0.5) is 17.6 Å². The van der Waals surface area contributed by atoms with Crippen molar-refractivity contribution >= 4 is 16.9 Å². The average Bonchev–Trinajstić information content (AvgIpc) is 2.82. The van der Waals surface area contributed by atoms with Crippen molar-refractivity contribution in [1.82, 2.24) is 5.32 Å². The minimum Gasteiger partial charge on any atom is -0.388 e. The first-order chi connectivity index (χ1) is 9.75. The molecule has 21 heavy (non-hydrogen) atoms. The number of hydrogen-bond donors (Lipinski definition) is 4. The van der Waals surface area contributed by atoms with Crippen molar-refractivity contribution in [2.45, 2.75) is 42.1 Å². The number of fused-ring (bicyclic) bond motifs is 1. The summed E-state index contributed by atoms with van der Waals surface area (Å²) >= 11 is 0.873. The van der Waals surface area contributed by atoms with E-state index in [0.717, 1.165) is 11.8 Å². The van der Waals surface area contributed by atoms with Gasteiger partial charge in [0.1, 0.15) is 36.5 Å². The van der Waals surface area contributed by atoms with E-state index in [1.54, 1.807) is 0 Å². The fourth-order valence-electron chi connectivity index (χ4n) is 2.07. The number of aliphatic hydroxyl groups excluding tert-OH is 3.